The average Bonchev–Trinajstić information content (AvgIpc) is 2.76. The molecule has 1 aliphatic rings. The first kappa shape index (κ1) is 13.0. The van der Waals surface area contributed by atoms with Crippen molar-refractivity contribution in [2.45, 2.75) is 76.9 Å². The molecule has 0 aromatic carbocycles. The summed E-state index contributed by atoms with van der Waals surface area (Å²) < 4.78 is 0. The number of hydrogen-bond acceptors (Lipinski definition) is 2. The molecule has 2 N–H and O–H groups in total. The van der Waals surface area contributed by atoms with Crippen molar-refractivity contribution in [2.24, 2.45) is 0 Å². The van der Waals surface area contributed by atoms with Crippen molar-refractivity contribution >= 4 is 0 Å². The SMILES string of the molecule is CCCCCCCC[C@@H](O)C1CCCN1. The predicted octanol–water partition coefficient (Wildman–Crippen LogP) is 2.85. The lowest BCUT2D eigenvalue weighted by Gasteiger charge is -2.17. The highest BCUT2D eigenvalue weighted by Gasteiger charge is 2.21. The molecule has 15 heavy (non-hydrogen) atoms. The Labute approximate surface area is 94.5 Å². The van der Waals surface area contributed by atoms with Gasteiger partial charge in [-0.05, 0) is 25.8 Å². The number of unbranched alkanes of at least 4 members (excludes halogenated alkanes) is 5. The predicted molar refractivity (Wildman–Crippen MR) is 65.0 cm³/mol. The number of aliphatic hydroxyl groups is 1. The molecule has 1 fully saturated rings. The Balaban J connectivity index is 1.90. The second-order valence-corrected chi connectivity index (χ2v) is 4.83. The van der Waals surface area contributed by atoms with Gasteiger partial charge in [0.2, 0.25) is 0 Å². The fourth-order valence-electron chi connectivity index (χ4n) is 2.37. The lowest BCUT2D eigenvalue weighted by Crippen LogP contribution is -2.34. The molecule has 0 bridgehead atoms. The van der Waals surface area contributed by atoms with E-state index in [1.54, 1.807) is 0 Å². The third-order valence-corrected chi connectivity index (χ3v) is 3.42. The number of nitrogens with one attached hydrogen (secondary N) is 1. The maximum absolute atomic E-state index is 9.89. The van der Waals surface area contributed by atoms with E-state index in [9.17, 15) is 5.11 Å². The minimum Gasteiger partial charge on any atom is -0.392 e. The molecule has 0 aromatic rings. The first-order valence-electron chi connectivity index (χ1n) is 6.76. The van der Waals surface area contributed by atoms with Gasteiger partial charge in [-0.15, -0.1) is 0 Å². The lowest BCUT2D eigenvalue weighted by molar-refractivity contribution is 0.123. The van der Waals surface area contributed by atoms with Crippen molar-refractivity contribution < 1.29 is 5.11 Å². The van der Waals surface area contributed by atoms with Crippen LogP contribution in [0.2, 0.25) is 0 Å². The summed E-state index contributed by atoms with van der Waals surface area (Å²) in [5.74, 6) is 0. The first-order valence-corrected chi connectivity index (χ1v) is 6.76. The van der Waals surface area contributed by atoms with Crippen LogP contribution in [0.4, 0.5) is 0 Å². The molecule has 2 atom stereocenters. The summed E-state index contributed by atoms with van der Waals surface area (Å²) in [6.45, 7) is 3.34. The van der Waals surface area contributed by atoms with E-state index in [1.165, 1.54) is 44.9 Å². The van der Waals surface area contributed by atoms with Crippen molar-refractivity contribution in [1.82, 2.24) is 5.32 Å². The van der Waals surface area contributed by atoms with Gasteiger partial charge in [-0.3, -0.25) is 0 Å². The molecule has 1 heterocycles. The van der Waals surface area contributed by atoms with Gasteiger partial charge >= 0.3 is 0 Å². The second-order valence-electron chi connectivity index (χ2n) is 4.83. The standard InChI is InChI=1S/C13H27NO/c1-2-3-4-5-6-7-10-13(15)12-9-8-11-14-12/h12-15H,2-11H2,1H3/t12?,13-/m1/s1. The molecule has 1 rings (SSSR count). The van der Waals surface area contributed by atoms with Gasteiger partial charge in [-0.1, -0.05) is 45.4 Å². The Kier molecular flexibility index (Phi) is 7.03. The fraction of sp³-hybridized carbons (Fsp3) is 1.00. The monoisotopic (exact) mass is 213 g/mol. The van der Waals surface area contributed by atoms with E-state index >= 15 is 0 Å². The van der Waals surface area contributed by atoms with Gasteiger partial charge in [0, 0.05) is 6.04 Å². The summed E-state index contributed by atoms with van der Waals surface area (Å²) in [4.78, 5) is 0. The second kappa shape index (κ2) is 8.12. The zero-order chi connectivity index (χ0) is 10.9. The summed E-state index contributed by atoms with van der Waals surface area (Å²) >= 11 is 0. The molecule has 0 spiro atoms. The summed E-state index contributed by atoms with van der Waals surface area (Å²) in [6, 6.07) is 0.389. The van der Waals surface area contributed by atoms with Crippen LogP contribution in [0.25, 0.3) is 0 Å². The van der Waals surface area contributed by atoms with Crippen LogP contribution in [0, 0.1) is 0 Å². The highest BCUT2D eigenvalue weighted by atomic mass is 16.3. The van der Waals surface area contributed by atoms with E-state index in [1.807, 2.05) is 0 Å². The molecule has 1 saturated heterocycles. The van der Waals surface area contributed by atoms with Crippen LogP contribution in [-0.4, -0.2) is 23.8 Å². The van der Waals surface area contributed by atoms with E-state index in [0.717, 1.165) is 19.4 Å². The van der Waals surface area contributed by atoms with Crippen LogP contribution < -0.4 is 5.32 Å². The fourth-order valence-corrected chi connectivity index (χ4v) is 2.37. The van der Waals surface area contributed by atoms with E-state index in [2.05, 4.69) is 12.2 Å². The number of hydrogen-bond donors (Lipinski definition) is 2. The zero-order valence-electron chi connectivity index (χ0n) is 10.2. The summed E-state index contributed by atoms with van der Waals surface area (Å²) in [7, 11) is 0. The molecule has 0 amide bonds. The highest BCUT2D eigenvalue weighted by Crippen LogP contribution is 2.15. The molecule has 2 heteroatoms. The highest BCUT2D eigenvalue weighted by molar-refractivity contribution is 4.80. The molecule has 0 aromatic heterocycles. The molecule has 0 radical (unpaired) electrons. The normalized spacial score (nSPS) is 23.2. The van der Waals surface area contributed by atoms with Gasteiger partial charge in [0.15, 0.2) is 0 Å². The minimum absolute atomic E-state index is 0.0984. The number of rotatable bonds is 8. The van der Waals surface area contributed by atoms with Crippen molar-refractivity contribution in [1.29, 1.82) is 0 Å². The largest absolute Gasteiger partial charge is 0.392 e. The average molecular weight is 213 g/mol. The van der Waals surface area contributed by atoms with Gasteiger partial charge in [-0.25, -0.2) is 0 Å². The van der Waals surface area contributed by atoms with Crippen molar-refractivity contribution in [2.75, 3.05) is 6.54 Å². The zero-order valence-corrected chi connectivity index (χ0v) is 10.2. The van der Waals surface area contributed by atoms with Crippen LogP contribution in [-0.2, 0) is 0 Å². The molecule has 0 saturated carbocycles. The Morgan fingerprint density at radius 3 is 2.60 bits per heavy atom. The van der Waals surface area contributed by atoms with E-state index < -0.39 is 0 Å². The van der Waals surface area contributed by atoms with Gasteiger partial charge < -0.3 is 10.4 Å². The third kappa shape index (κ3) is 5.53. The Morgan fingerprint density at radius 2 is 1.93 bits per heavy atom. The summed E-state index contributed by atoms with van der Waals surface area (Å²) in [6.07, 6.45) is 11.2. The molecular weight excluding hydrogens is 186 g/mol. The lowest BCUT2D eigenvalue weighted by atomic mass is 10.0. The molecule has 0 aliphatic carbocycles. The molecule has 1 aliphatic heterocycles. The summed E-state index contributed by atoms with van der Waals surface area (Å²) in [5.41, 5.74) is 0. The van der Waals surface area contributed by atoms with E-state index in [0.29, 0.717) is 6.04 Å². The molecule has 90 valence electrons. The van der Waals surface area contributed by atoms with E-state index in [-0.39, 0.29) is 6.10 Å². The molecular formula is C13H27NO. The van der Waals surface area contributed by atoms with Crippen LogP contribution >= 0.6 is 0 Å². The van der Waals surface area contributed by atoms with Crippen molar-refractivity contribution in [3.8, 4) is 0 Å². The molecule has 2 nitrogen and oxygen atoms in total. The van der Waals surface area contributed by atoms with Gasteiger partial charge in [0.05, 0.1) is 6.10 Å². The van der Waals surface area contributed by atoms with Crippen LogP contribution in [0.3, 0.4) is 0 Å². The van der Waals surface area contributed by atoms with Crippen LogP contribution in [0.15, 0.2) is 0 Å². The summed E-state index contributed by atoms with van der Waals surface area (Å²) in [5, 5.41) is 13.3. The minimum atomic E-state index is -0.0984. The Morgan fingerprint density at radius 1 is 1.20 bits per heavy atom. The van der Waals surface area contributed by atoms with Gasteiger partial charge in [0.1, 0.15) is 0 Å². The maximum atomic E-state index is 9.89. The smallest absolute Gasteiger partial charge is 0.0693 e. The van der Waals surface area contributed by atoms with Gasteiger partial charge in [0.25, 0.3) is 0 Å². The topological polar surface area (TPSA) is 32.3 Å². The van der Waals surface area contributed by atoms with Crippen molar-refractivity contribution in [3.63, 3.8) is 0 Å². The molecule has 1 unspecified atom stereocenters. The van der Waals surface area contributed by atoms with Crippen LogP contribution in [0.1, 0.15) is 64.7 Å². The third-order valence-electron chi connectivity index (χ3n) is 3.42. The van der Waals surface area contributed by atoms with Gasteiger partial charge in [-0.2, -0.15) is 0 Å². The Hall–Kier alpha value is -0.0800. The maximum Gasteiger partial charge on any atom is 0.0693 e. The van der Waals surface area contributed by atoms with E-state index in [4.69, 9.17) is 0 Å². The quantitative estimate of drug-likeness (QED) is 0.608. The van der Waals surface area contributed by atoms with Crippen molar-refractivity contribution in [3.05, 3.63) is 0 Å². The number of aliphatic hydroxyl groups excluding tert-OH is 1. The first-order chi connectivity index (χ1) is 7.34. The van der Waals surface area contributed by atoms with Crippen LogP contribution in [0.5, 0.6) is 0 Å². The Bertz CT molecular complexity index is 143.